The van der Waals surface area contributed by atoms with Crippen molar-refractivity contribution < 1.29 is 4.79 Å². The molecule has 2 amide bonds. The summed E-state index contributed by atoms with van der Waals surface area (Å²) in [6, 6.07) is 7.70. The number of unbranched alkanes of at least 4 members (excludes halogenated alkanes) is 2. The lowest BCUT2D eigenvalue weighted by molar-refractivity contribution is 0.251. The molecule has 0 aliphatic carbocycles. The fourth-order valence-corrected chi connectivity index (χ4v) is 2.36. The van der Waals surface area contributed by atoms with E-state index < -0.39 is 0 Å². The van der Waals surface area contributed by atoms with E-state index in [1.165, 1.54) is 24.8 Å². The van der Waals surface area contributed by atoms with Crippen molar-refractivity contribution in [2.24, 2.45) is 7.05 Å². The molecule has 124 valence electrons. The van der Waals surface area contributed by atoms with Crippen LogP contribution in [0.2, 0.25) is 0 Å². The smallest absolute Gasteiger partial charge is 0.319 e. The molecule has 6 nitrogen and oxygen atoms in total. The van der Waals surface area contributed by atoms with Crippen LogP contribution in [-0.2, 0) is 20.0 Å². The first kappa shape index (κ1) is 17.2. The normalized spacial score (nSPS) is 10.5. The summed E-state index contributed by atoms with van der Waals surface area (Å²) in [5.74, 6) is 0.677. The third-order valence-electron chi connectivity index (χ3n) is 3.66. The molecule has 0 saturated heterocycles. The number of anilines is 1. The lowest BCUT2D eigenvalue weighted by atomic mass is 10.1. The molecule has 0 aliphatic rings. The molecule has 0 bridgehead atoms. The average molecular weight is 333 g/mol. The van der Waals surface area contributed by atoms with Gasteiger partial charge in [0.1, 0.15) is 0 Å². The van der Waals surface area contributed by atoms with Gasteiger partial charge in [-0.15, -0.1) is 0 Å². The maximum absolute atomic E-state index is 11.9. The minimum absolute atomic E-state index is 0.266. The highest BCUT2D eigenvalue weighted by atomic mass is 32.1. The first-order valence-electron chi connectivity index (χ1n) is 7.84. The molecule has 1 aromatic heterocycles. The van der Waals surface area contributed by atoms with Crippen LogP contribution in [0.4, 0.5) is 10.5 Å². The Kier molecular flexibility index (Phi) is 6.34. The number of hydrogen-bond donors (Lipinski definition) is 3. The Labute approximate surface area is 141 Å². The molecule has 0 fully saturated rings. The van der Waals surface area contributed by atoms with E-state index in [9.17, 15) is 4.79 Å². The number of aromatic nitrogens is 3. The second kappa shape index (κ2) is 8.47. The molecule has 1 heterocycles. The molecular formula is C16H23N5OS. The zero-order chi connectivity index (χ0) is 16.7. The average Bonchev–Trinajstić information content (AvgIpc) is 2.86. The molecule has 3 N–H and O–H groups in total. The number of carbonyl (C=O) groups excluding carboxylic acids is 1. The Morgan fingerprint density at radius 3 is 2.65 bits per heavy atom. The van der Waals surface area contributed by atoms with Crippen LogP contribution in [0.5, 0.6) is 0 Å². The van der Waals surface area contributed by atoms with Crippen molar-refractivity contribution >= 4 is 23.9 Å². The third-order valence-corrected chi connectivity index (χ3v) is 4.03. The lowest BCUT2D eigenvalue weighted by Gasteiger charge is -2.08. The van der Waals surface area contributed by atoms with Crippen LogP contribution < -0.4 is 10.6 Å². The molecule has 1 aromatic carbocycles. The van der Waals surface area contributed by atoms with Gasteiger partial charge in [0, 0.05) is 12.7 Å². The van der Waals surface area contributed by atoms with Gasteiger partial charge in [-0.3, -0.25) is 5.10 Å². The number of urea groups is 1. The topological polar surface area (TPSA) is 74.7 Å². The van der Waals surface area contributed by atoms with Crippen LogP contribution in [0.25, 0.3) is 0 Å². The van der Waals surface area contributed by atoms with Gasteiger partial charge in [0.2, 0.25) is 0 Å². The van der Waals surface area contributed by atoms with E-state index in [1.54, 1.807) is 11.6 Å². The molecule has 0 saturated carbocycles. The molecule has 7 heteroatoms. The Balaban J connectivity index is 1.80. The standard InChI is InChI=1S/C16H23N5OS/c1-3-4-5-6-12-7-9-13(10-8-12)18-15(22)17-11-14-19-20-16(23)21(14)2/h7-10H,3-6,11H2,1-2H3,(H,20,23)(H2,17,18,22). The minimum Gasteiger partial charge on any atom is -0.331 e. The highest BCUT2D eigenvalue weighted by Crippen LogP contribution is 2.12. The van der Waals surface area contributed by atoms with Gasteiger partial charge in [0.15, 0.2) is 10.6 Å². The largest absolute Gasteiger partial charge is 0.331 e. The zero-order valence-corrected chi connectivity index (χ0v) is 14.4. The van der Waals surface area contributed by atoms with Crippen LogP contribution in [0.1, 0.15) is 37.6 Å². The van der Waals surface area contributed by atoms with Crippen molar-refractivity contribution in [2.75, 3.05) is 5.32 Å². The van der Waals surface area contributed by atoms with Gasteiger partial charge in [0.25, 0.3) is 0 Å². The minimum atomic E-state index is -0.266. The summed E-state index contributed by atoms with van der Waals surface area (Å²) in [5.41, 5.74) is 2.07. The van der Waals surface area contributed by atoms with Crippen molar-refractivity contribution in [2.45, 2.75) is 39.2 Å². The van der Waals surface area contributed by atoms with Crippen molar-refractivity contribution in [3.63, 3.8) is 0 Å². The SMILES string of the molecule is CCCCCc1ccc(NC(=O)NCc2n[nH]c(=S)n2C)cc1. The molecule has 0 aliphatic heterocycles. The highest BCUT2D eigenvalue weighted by molar-refractivity contribution is 7.71. The monoisotopic (exact) mass is 333 g/mol. The van der Waals surface area contributed by atoms with Gasteiger partial charge in [0.05, 0.1) is 6.54 Å². The second-order valence-corrected chi connectivity index (χ2v) is 5.85. The molecule has 0 unspecified atom stereocenters. The molecule has 23 heavy (non-hydrogen) atoms. The predicted molar refractivity (Wildman–Crippen MR) is 93.9 cm³/mol. The highest BCUT2D eigenvalue weighted by Gasteiger charge is 2.05. The number of nitrogens with one attached hydrogen (secondary N) is 3. The van der Waals surface area contributed by atoms with Crippen LogP contribution in [0, 0.1) is 4.77 Å². The van der Waals surface area contributed by atoms with Crippen LogP contribution >= 0.6 is 12.2 Å². The number of aromatic amines is 1. The van der Waals surface area contributed by atoms with Gasteiger partial charge < -0.3 is 15.2 Å². The van der Waals surface area contributed by atoms with Gasteiger partial charge in [-0.2, -0.15) is 5.10 Å². The fourth-order valence-electron chi connectivity index (χ4n) is 2.21. The first-order chi connectivity index (χ1) is 11.1. The molecule has 0 radical (unpaired) electrons. The lowest BCUT2D eigenvalue weighted by Crippen LogP contribution is -2.29. The quantitative estimate of drug-likeness (QED) is 0.536. The van der Waals surface area contributed by atoms with Crippen molar-refractivity contribution in [1.82, 2.24) is 20.1 Å². The number of carbonyl (C=O) groups is 1. The molecule has 2 aromatic rings. The summed E-state index contributed by atoms with van der Waals surface area (Å²) in [5, 5.41) is 12.3. The van der Waals surface area contributed by atoms with E-state index in [4.69, 9.17) is 12.2 Å². The van der Waals surface area contributed by atoms with Gasteiger partial charge in [-0.1, -0.05) is 31.9 Å². The third kappa shape index (κ3) is 5.21. The van der Waals surface area contributed by atoms with E-state index >= 15 is 0 Å². The second-order valence-electron chi connectivity index (χ2n) is 5.47. The maximum atomic E-state index is 11.9. The van der Waals surface area contributed by atoms with Gasteiger partial charge >= 0.3 is 6.03 Å². The van der Waals surface area contributed by atoms with Crippen molar-refractivity contribution in [1.29, 1.82) is 0 Å². The number of hydrogen-bond acceptors (Lipinski definition) is 3. The Morgan fingerprint density at radius 2 is 2.04 bits per heavy atom. The first-order valence-corrected chi connectivity index (χ1v) is 8.25. The summed E-state index contributed by atoms with van der Waals surface area (Å²) in [4.78, 5) is 11.9. The zero-order valence-electron chi connectivity index (χ0n) is 13.6. The van der Waals surface area contributed by atoms with E-state index in [0.29, 0.717) is 17.1 Å². The van der Waals surface area contributed by atoms with E-state index in [0.717, 1.165) is 12.1 Å². The number of benzene rings is 1. The Morgan fingerprint density at radius 1 is 1.30 bits per heavy atom. The number of amides is 2. The predicted octanol–water partition coefficient (Wildman–Crippen LogP) is 3.53. The van der Waals surface area contributed by atoms with Crippen LogP contribution in [0.15, 0.2) is 24.3 Å². The summed E-state index contributed by atoms with van der Waals surface area (Å²) in [6.07, 6.45) is 4.76. The summed E-state index contributed by atoms with van der Waals surface area (Å²) >= 11 is 5.03. The van der Waals surface area contributed by atoms with Crippen molar-refractivity contribution in [3.05, 3.63) is 40.4 Å². The van der Waals surface area contributed by atoms with Gasteiger partial charge in [-0.25, -0.2) is 4.79 Å². The summed E-state index contributed by atoms with van der Waals surface area (Å²) in [7, 11) is 1.80. The summed E-state index contributed by atoms with van der Waals surface area (Å²) < 4.78 is 2.25. The Hall–Kier alpha value is -2.15. The fraction of sp³-hybridized carbons (Fsp3) is 0.438. The number of aryl methyl sites for hydroxylation is 1. The molecule has 0 spiro atoms. The summed E-state index contributed by atoms with van der Waals surface area (Å²) in [6.45, 7) is 2.51. The van der Waals surface area contributed by atoms with Crippen LogP contribution in [-0.4, -0.2) is 20.8 Å². The molecule has 2 rings (SSSR count). The molecule has 0 atom stereocenters. The van der Waals surface area contributed by atoms with Crippen molar-refractivity contribution in [3.8, 4) is 0 Å². The van der Waals surface area contributed by atoms with Gasteiger partial charge in [-0.05, 0) is 42.8 Å². The molecular weight excluding hydrogens is 310 g/mol. The maximum Gasteiger partial charge on any atom is 0.319 e. The number of rotatable bonds is 7. The van der Waals surface area contributed by atoms with E-state index in [1.807, 2.05) is 12.1 Å². The van der Waals surface area contributed by atoms with E-state index in [-0.39, 0.29) is 6.03 Å². The number of nitrogens with zero attached hydrogens (tertiary/aromatic N) is 2. The Bertz CT molecular complexity index is 689. The number of H-pyrrole nitrogens is 1. The van der Waals surface area contributed by atoms with E-state index in [2.05, 4.69) is 39.9 Å². The van der Waals surface area contributed by atoms with Crippen LogP contribution in [0.3, 0.4) is 0 Å².